The summed E-state index contributed by atoms with van der Waals surface area (Å²) in [6.07, 6.45) is 2.49. The fourth-order valence-electron chi connectivity index (χ4n) is 1.82. The van der Waals surface area contributed by atoms with Gasteiger partial charge in [0, 0.05) is 0 Å². The van der Waals surface area contributed by atoms with E-state index in [9.17, 15) is 9.59 Å². The Kier molecular flexibility index (Phi) is 5.34. The van der Waals surface area contributed by atoms with E-state index in [0.29, 0.717) is 18.0 Å². The van der Waals surface area contributed by atoms with Gasteiger partial charge in [-0.25, -0.2) is 0 Å². The van der Waals surface area contributed by atoms with Crippen molar-refractivity contribution in [3.8, 4) is 5.75 Å². The first-order valence-corrected chi connectivity index (χ1v) is 6.57. The van der Waals surface area contributed by atoms with Crippen molar-refractivity contribution in [1.29, 1.82) is 0 Å². The van der Waals surface area contributed by atoms with Crippen molar-refractivity contribution < 1.29 is 23.8 Å². The van der Waals surface area contributed by atoms with Gasteiger partial charge in [0.1, 0.15) is 18.5 Å². The number of esters is 1. The fourth-order valence-corrected chi connectivity index (χ4v) is 1.82. The molecule has 1 N–H and O–H groups in total. The number of para-hydroxylation sites is 2. The summed E-state index contributed by atoms with van der Waals surface area (Å²) in [7, 11) is 1.27. The van der Waals surface area contributed by atoms with Crippen LogP contribution in [0, 0.1) is 0 Å². The molecular weight excluding hydrogens is 274 g/mol. The summed E-state index contributed by atoms with van der Waals surface area (Å²) in [6, 6.07) is 7.09. The van der Waals surface area contributed by atoms with Gasteiger partial charge in [0.2, 0.25) is 0 Å². The van der Waals surface area contributed by atoms with Crippen molar-refractivity contribution in [3.05, 3.63) is 36.4 Å². The van der Waals surface area contributed by atoms with Crippen LogP contribution in [0.1, 0.15) is 6.42 Å². The first-order chi connectivity index (χ1) is 10.2. The zero-order valence-corrected chi connectivity index (χ0v) is 11.7. The van der Waals surface area contributed by atoms with Crippen LogP contribution in [0.25, 0.3) is 0 Å². The van der Waals surface area contributed by atoms with Gasteiger partial charge in [0.05, 0.1) is 25.8 Å². The summed E-state index contributed by atoms with van der Waals surface area (Å²) in [5, 5.41) is 2.71. The highest BCUT2D eigenvalue weighted by Gasteiger charge is 2.24. The topological polar surface area (TPSA) is 73.9 Å². The predicted molar refractivity (Wildman–Crippen MR) is 76.1 cm³/mol. The van der Waals surface area contributed by atoms with Crippen LogP contribution in [0.15, 0.2) is 36.4 Å². The van der Waals surface area contributed by atoms with Gasteiger partial charge in [0.15, 0.2) is 0 Å². The van der Waals surface area contributed by atoms with Crippen LogP contribution in [0.5, 0.6) is 5.75 Å². The molecule has 0 saturated heterocycles. The molecule has 6 nitrogen and oxygen atoms in total. The van der Waals surface area contributed by atoms with Crippen LogP contribution >= 0.6 is 0 Å². The van der Waals surface area contributed by atoms with Gasteiger partial charge < -0.3 is 19.5 Å². The second-order valence-electron chi connectivity index (χ2n) is 4.37. The molecule has 1 aliphatic rings. The number of carbonyl (C=O) groups is 2. The Bertz CT molecular complexity index is 541. The Balaban J connectivity index is 2.20. The maximum atomic E-state index is 12.2. The predicted octanol–water partition coefficient (Wildman–Crippen LogP) is 1.52. The summed E-state index contributed by atoms with van der Waals surface area (Å²) in [5.41, 5.74) is 0.538. The minimum Gasteiger partial charge on any atom is -0.487 e. The molecule has 1 aliphatic heterocycles. The molecule has 2 rings (SSSR count). The van der Waals surface area contributed by atoms with Crippen LogP contribution in [-0.4, -0.2) is 38.3 Å². The van der Waals surface area contributed by atoms with Gasteiger partial charge in [-0.05, 0) is 18.2 Å². The molecule has 0 bridgehead atoms. The lowest BCUT2D eigenvalue weighted by atomic mass is 10.2. The number of methoxy groups -OCH3 is 1. The molecule has 1 heterocycles. The summed E-state index contributed by atoms with van der Waals surface area (Å²) in [4.78, 5) is 23.6. The third-order valence-electron chi connectivity index (χ3n) is 2.91. The summed E-state index contributed by atoms with van der Waals surface area (Å²) >= 11 is 0. The van der Waals surface area contributed by atoms with E-state index >= 15 is 0 Å². The van der Waals surface area contributed by atoms with Crippen molar-refractivity contribution in [2.45, 2.75) is 12.5 Å². The number of hydrogen-bond donors (Lipinski definition) is 1. The first kappa shape index (κ1) is 15.1. The van der Waals surface area contributed by atoms with E-state index < -0.39 is 18.0 Å². The number of benzene rings is 1. The number of carbonyl (C=O) groups excluding carboxylic acids is 2. The number of hydrogen-bond acceptors (Lipinski definition) is 5. The van der Waals surface area contributed by atoms with Crippen molar-refractivity contribution in [2.24, 2.45) is 0 Å². The lowest BCUT2D eigenvalue weighted by Gasteiger charge is -2.16. The maximum Gasteiger partial charge on any atom is 0.308 e. The molecule has 0 fully saturated rings. The van der Waals surface area contributed by atoms with E-state index in [0.717, 1.165) is 0 Å². The first-order valence-electron chi connectivity index (χ1n) is 6.57. The van der Waals surface area contributed by atoms with Crippen molar-refractivity contribution in [1.82, 2.24) is 0 Å². The lowest BCUT2D eigenvalue weighted by Crippen LogP contribution is -2.33. The lowest BCUT2D eigenvalue weighted by molar-refractivity contribution is -0.147. The van der Waals surface area contributed by atoms with Gasteiger partial charge in [-0.2, -0.15) is 0 Å². The van der Waals surface area contributed by atoms with Crippen LogP contribution in [0.4, 0.5) is 5.69 Å². The van der Waals surface area contributed by atoms with E-state index in [2.05, 4.69) is 10.1 Å². The maximum absolute atomic E-state index is 12.2. The number of anilines is 1. The van der Waals surface area contributed by atoms with E-state index in [1.165, 1.54) is 7.11 Å². The molecule has 0 saturated carbocycles. The van der Waals surface area contributed by atoms with Gasteiger partial charge in [-0.3, -0.25) is 9.59 Å². The second-order valence-corrected chi connectivity index (χ2v) is 4.37. The van der Waals surface area contributed by atoms with Gasteiger partial charge in [-0.15, -0.1) is 0 Å². The zero-order valence-electron chi connectivity index (χ0n) is 11.7. The van der Waals surface area contributed by atoms with Crippen molar-refractivity contribution in [2.75, 3.05) is 25.6 Å². The average Bonchev–Trinajstić information content (AvgIpc) is 2.52. The van der Waals surface area contributed by atoms with E-state index in [4.69, 9.17) is 9.47 Å². The van der Waals surface area contributed by atoms with Crippen LogP contribution < -0.4 is 10.1 Å². The molecule has 0 spiro atoms. The SMILES string of the molecule is COC(=O)CC1OC/C=C\COc2ccccc2NC1=O. The molecule has 1 atom stereocenters. The van der Waals surface area contributed by atoms with Gasteiger partial charge >= 0.3 is 5.97 Å². The monoisotopic (exact) mass is 291 g/mol. The number of rotatable bonds is 2. The van der Waals surface area contributed by atoms with Crippen LogP contribution in [0.3, 0.4) is 0 Å². The Hall–Kier alpha value is -2.34. The zero-order chi connectivity index (χ0) is 15.1. The standard InChI is InChI=1S/C15H17NO5/c1-19-14(17)10-13-15(18)16-11-6-2-3-7-12(11)20-8-4-5-9-21-13/h2-7,13H,8-10H2,1H3,(H,16,18)/b5-4-. The van der Waals surface area contributed by atoms with E-state index in [1.54, 1.807) is 30.4 Å². The average molecular weight is 291 g/mol. The highest BCUT2D eigenvalue weighted by atomic mass is 16.5. The summed E-state index contributed by atoms with van der Waals surface area (Å²) in [6.45, 7) is 0.590. The normalized spacial score (nSPS) is 20.2. The molecule has 1 aromatic carbocycles. The highest BCUT2D eigenvalue weighted by molar-refractivity contribution is 5.97. The minimum absolute atomic E-state index is 0.140. The number of amides is 1. The largest absolute Gasteiger partial charge is 0.487 e. The van der Waals surface area contributed by atoms with Crippen molar-refractivity contribution in [3.63, 3.8) is 0 Å². The number of ether oxygens (including phenoxy) is 3. The molecule has 1 aromatic rings. The number of nitrogens with one attached hydrogen (secondary N) is 1. The van der Waals surface area contributed by atoms with E-state index in [1.807, 2.05) is 6.07 Å². The Morgan fingerprint density at radius 3 is 2.90 bits per heavy atom. The molecule has 1 amide bonds. The molecule has 1 unspecified atom stereocenters. The summed E-state index contributed by atoms with van der Waals surface area (Å²) < 4.78 is 15.6. The molecule has 21 heavy (non-hydrogen) atoms. The van der Waals surface area contributed by atoms with E-state index in [-0.39, 0.29) is 13.0 Å². The summed E-state index contributed by atoms with van der Waals surface area (Å²) in [5.74, 6) is -0.348. The molecular formula is C15H17NO5. The highest BCUT2D eigenvalue weighted by Crippen LogP contribution is 2.24. The fraction of sp³-hybridized carbons (Fsp3) is 0.333. The smallest absolute Gasteiger partial charge is 0.308 e. The molecule has 0 radical (unpaired) electrons. The van der Waals surface area contributed by atoms with Gasteiger partial charge in [-0.1, -0.05) is 18.2 Å². The van der Waals surface area contributed by atoms with Crippen LogP contribution in [-0.2, 0) is 19.1 Å². The Labute approximate surface area is 122 Å². The second kappa shape index (κ2) is 7.44. The quantitative estimate of drug-likeness (QED) is 0.660. The Morgan fingerprint density at radius 2 is 2.10 bits per heavy atom. The molecule has 0 aliphatic carbocycles. The third-order valence-corrected chi connectivity index (χ3v) is 2.91. The number of fused-ring (bicyclic) bond motifs is 1. The molecule has 112 valence electrons. The van der Waals surface area contributed by atoms with Gasteiger partial charge in [0.25, 0.3) is 5.91 Å². The molecule has 0 aromatic heterocycles. The molecule has 6 heteroatoms. The third kappa shape index (κ3) is 4.32. The Morgan fingerprint density at radius 1 is 1.33 bits per heavy atom. The van der Waals surface area contributed by atoms with Crippen LogP contribution in [0.2, 0.25) is 0 Å². The minimum atomic E-state index is -0.909. The van der Waals surface area contributed by atoms with Crippen molar-refractivity contribution >= 4 is 17.6 Å².